The molecule has 0 heterocycles. The van der Waals surface area contributed by atoms with E-state index in [9.17, 15) is 9.90 Å². The first-order valence-corrected chi connectivity index (χ1v) is 8.80. The molecule has 3 rings (SSSR count). The number of urea groups is 1. The van der Waals surface area contributed by atoms with Crippen molar-refractivity contribution in [1.29, 1.82) is 0 Å². The Bertz CT molecular complexity index is 815. The number of phenolic OH excluding ortho intramolecular Hbond substituents is 1. The van der Waals surface area contributed by atoms with Crippen LogP contribution in [0, 0.1) is 0 Å². The van der Waals surface area contributed by atoms with Gasteiger partial charge >= 0.3 is 6.03 Å². The maximum absolute atomic E-state index is 10.7. The minimum absolute atomic E-state index is 0.193. The smallest absolute Gasteiger partial charge is 0.316 e. The van der Waals surface area contributed by atoms with Gasteiger partial charge in [0.05, 0.1) is 5.69 Å². The number of nitrogens with two attached hydrogens (primary N) is 1. The highest BCUT2D eigenvalue weighted by atomic mass is 16.3. The molecule has 0 aliphatic heterocycles. The fourth-order valence-corrected chi connectivity index (χ4v) is 2.35. The summed E-state index contributed by atoms with van der Waals surface area (Å²) in [5, 5.41) is 13.5. The van der Waals surface area contributed by atoms with Crippen LogP contribution >= 0.6 is 0 Å². The Morgan fingerprint density at radius 3 is 2.15 bits per heavy atom. The van der Waals surface area contributed by atoms with Gasteiger partial charge in [0, 0.05) is 5.39 Å². The molecular weight excluding hydrogens is 324 g/mol. The highest BCUT2D eigenvalue weighted by Crippen LogP contribution is 2.26. The maximum atomic E-state index is 10.7. The van der Waals surface area contributed by atoms with E-state index >= 15 is 0 Å². The minimum atomic E-state index is -0.601. The van der Waals surface area contributed by atoms with Crippen LogP contribution in [0.1, 0.15) is 39.2 Å². The number of hydrogen-bond donors (Lipinski definition) is 3. The lowest BCUT2D eigenvalue weighted by Crippen LogP contribution is -2.19. The van der Waals surface area contributed by atoms with Crippen molar-refractivity contribution >= 4 is 22.5 Å². The van der Waals surface area contributed by atoms with Crippen molar-refractivity contribution in [3.63, 3.8) is 0 Å². The van der Waals surface area contributed by atoms with E-state index in [1.165, 1.54) is 5.56 Å². The Morgan fingerprint density at radius 2 is 1.62 bits per heavy atom. The van der Waals surface area contributed by atoms with Gasteiger partial charge in [0.25, 0.3) is 0 Å². The number of hydrogen-bond acceptors (Lipinski definition) is 2. The summed E-state index contributed by atoms with van der Waals surface area (Å²) >= 11 is 0. The second kappa shape index (κ2) is 10.8. The Kier molecular flexibility index (Phi) is 8.71. The zero-order valence-electron chi connectivity index (χ0n) is 15.9. The second-order valence-corrected chi connectivity index (χ2v) is 5.77. The number of aromatic hydroxyl groups is 1. The molecule has 0 bridgehead atoms. The van der Waals surface area contributed by atoms with Gasteiger partial charge in [0.1, 0.15) is 5.75 Å². The lowest BCUT2D eigenvalue weighted by atomic mass is 10.0. The topological polar surface area (TPSA) is 75.4 Å². The summed E-state index contributed by atoms with van der Waals surface area (Å²) in [5.41, 5.74) is 7.10. The molecule has 3 aromatic rings. The first-order valence-electron chi connectivity index (χ1n) is 8.80. The summed E-state index contributed by atoms with van der Waals surface area (Å²) in [6.45, 7) is 8.41. The quantitative estimate of drug-likeness (QED) is 0.539. The summed E-state index contributed by atoms with van der Waals surface area (Å²) < 4.78 is 0. The van der Waals surface area contributed by atoms with E-state index in [0.29, 0.717) is 11.6 Å². The number of primary amides is 1. The zero-order chi connectivity index (χ0) is 19.5. The SMILES string of the molecule is CC.CC(C)c1ccccc1.NC(=O)Nc1cccc2cc(O)ccc12. The number of rotatable bonds is 2. The fraction of sp³-hybridized carbons (Fsp3) is 0.227. The minimum Gasteiger partial charge on any atom is -0.508 e. The average Bonchev–Trinajstić information content (AvgIpc) is 2.64. The largest absolute Gasteiger partial charge is 0.508 e. The molecule has 2 amide bonds. The summed E-state index contributed by atoms with van der Waals surface area (Å²) in [5.74, 6) is 0.852. The van der Waals surface area contributed by atoms with Gasteiger partial charge < -0.3 is 16.2 Å². The highest BCUT2D eigenvalue weighted by molar-refractivity contribution is 6.01. The van der Waals surface area contributed by atoms with Crippen molar-refractivity contribution in [3.05, 3.63) is 72.3 Å². The Morgan fingerprint density at radius 1 is 0.962 bits per heavy atom. The van der Waals surface area contributed by atoms with Gasteiger partial charge in [0.15, 0.2) is 0 Å². The molecule has 3 aromatic carbocycles. The lowest BCUT2D eigenvalue weighted by molar-refractivity contribution is 0.259. The van der Waals surface area contributed by atoms with Crippen molar-refractivity contribution in [3.8, 4) is 5.75 Å². The van der Waals surface area contributed by atoms with Crippen LogP contribution in [0.5, 0.6) is 5.75 Å². The number of carbonyl (C=O) groups excluding carboxylic acids is 1. The van der Waals surface area contributed by atoms with Gasteiger partial charge in [0.2, 0.25) is 0 Å². The molecule has 0 spiro atoms. The molecular formula is C22H28N2O2. The number of benzene rings is 3. The van der Waals surface area contributed by atoms with Crippen LogP contribution in [0.15, 0.2) is 66.7 Å². The van der Waals surface area contributed by atoms with Crippen LogP contribution in [-0.2, 0) is 0 Å². The highest BCUT2D eigenvalue weighted by Gasteiger charge is 2.02. The van der Waals surface area contributed by atoms with E-state index in [4.69, 9.17) is 5.73 Å². The first-order chi connectivity index (χ1) is 12.5. The third-order valence-corrected chi connectivity index (χ3v) is 3.59. The first kappa shape index (κ1) is 21.0. The molecule has 0 atom stereocenters. The van der Waals surface area contributed by atoms with Gasteiger partial charge in [-0.25, -0.2) is 4.79 Å². The van der Waals surface area contributed by atoms with Gasteiger partial charge in [-0.2, -0.15) is 0 Å². The van der Waals surface area contributed by atoms with Crippen molar-refractivity contribution < 1.29 is 9.90 Å². The van der Waals surface area contributed by atoms with Crippen LogP contribution in [-0.4, -0.2) is 11.1 Å². The van der Waals surface area contributed by atoms with Gasteiger partial charge in [-0.1, -0.05) is 70.2 Å². The third-order valence-electron chi connectivity index (χ3n) is 3.59. The lowest BCUT2D eigenvalue weighted by Gasteiger charge is -2.06. The molecule has 4 N–H and O–H groups in total. The van der Waals surface area contributed by atoms with Crippen LogP contribution in [0.2, 0.25) is 0 Å². The van der Waals surface area contributed by atoms with Crippen LogP contribution in [0.3, 0.4) is 0 Å². The fourth-order valence-electron chi connectivity index (χ4n) is 2.35. The summed E-state index contributed by atoms with van der Waals surface area (Å²) in [6.07, 6.45) is 0. The normalized spacial score (nSPS) is 9.58. The molecule has 138 valence electrons. The van der Waals surface area contributed by atoms with E-state index in [0.717, 1.165) is 10.8 Å². The van der Waals surface area contributed by atoms with Crippen molar-refractivity contribution in [2.75, 3.05) is 5.32 Å². The molecule has 26 heavy (non-hydrogen) atoms. The molecule has 0 unspecified atom stereocenters. The molecule has 0 saturated heterocycles. The van der Waals surface area contributed by atoms with Gasteiger partial charge in [-0.15, -0.1) is 0 Å². The molecule has 0 aliphatic rings. The van der Waals surface area contributed by atoms with Crippen molar-refractivity contribution in [2.45, 2.75) is 33.6 Å². The predicted molar refractivity (Wildman–Crippen MR) is 111 cm³/mol. The maximum Gasteiger partial charge on any atom is 0.316 e. The van der Waals surface area contributed by atoms with Crippen LogP contribution in [0.4, 0.5) is 10.5 Å². The Hall–Kier alpha value is -3.01. The predicted octanol–water partition coefficient (Wildman–Crippen LogP) is 5.87. The molecule has 0 saturated carbocycles. The number of anilines is 1. The van der Waals surface area contributed by atoms with Gasteiger partial charge in [-0.3, -0.25) is 0 Å². The van der Waals surface area contributed by atoms with Crippen molar-refractivity contribution in [2.24, 2.45) is 5.73 Å². The molecule has 0 fully saturated rings. The number of amides is 2. The monoisotopic (exact) mass is 352 g/mol. The second-order valence-electron chi connectivity index (χ2n) is 5.77. The molecule has 0 aromatic heterocycles. The number of carbonyl (C=O) groups is 1. The molecule has 4 heteroatoms. The third kappa shape index (κ3) is 6.48. The number of nitrogens with one attached hydrogen (secondary N) is 1. The van der Waals surface area contributed by atoms with E-state index in [1.807, 2.05) is 26.0 Å². The van der Waals surface area contributed by atoms with Crippen LogP contribution < -0.4 is 11.1 Å². The Balaban J connectivity index is 0.000000263. The molecule has 4 nitrogen and oxygen atoms in total. The average molecular weight is 352 g/mol. The molecule has 0 aliphatic carbocycles. The standard InChI is InChI=1S/C11H10N2O2.C9H12.C2H6/c12-11(15)13-10-3-1-2-7-6-8(14)4-5-9(7)10;1-8(2)9-6-4-3-5-7-9;1-2/h1-6,14H,(H3,12,13,15);3-8H,1-2H3;1-2H3. The Labute approximate surface area is 155 Å². The summed E-state index contributed by atoms with van der Waals surface area (Å²) in [6, 6.07) is 20.2. The van der Waals surface area contributed by atoms with Crippen molar-refractivity contribution in [1.82, 2.24) is 0 Å². The summed E-state index contributed by atoms with van der Waals surface area (Å²) in [7, 11) is 0. The summed E-state index contributed by atoms with van der Waals surface area (Å²) in [4.78, 5) is 10.7. The van der Waals surface area contributed by atoms with Gasteiger partial charge in [-0.05, 0) is 41.1 Å². The van der Waals surface area contributed by atoms with E-state index in [1.54, 1.807) is 30.3 Å². The zero-order valence-corrected chi connectivity index (χ0v) is 15.9. The van der Waals surface area contributed by atoms with E-state index < -0.39 is 6.03 Å². The van der Waals surface area contributed by atoms with Crippen LogP contribution in [0.25, 0.3) is 10.8 Å². The number of fused-ring (bicyclic) bond motifs is 1. The number of phenols is 1. The van der Waals surface area contributed by atoms with E-state index in [-0.39, 0.29) is 5.75 Å². The molecule has 0 radical (unpaired) electrons. The van der Waals surface area contributed by atoms with E-state index in [2.05, 4.69) is 43.4 Å².